The van der Waals surface area contributed by atoms with Gasteiger partial charge in [0.15, 0.2) is 0 Å². The summed E-state index contributed by atoms with van der Waals surface area (Å²) in [4.78, 5) is 38.1. The molecule has 9 nitrogen and oxygen atoms in total. The molecule has 0 atom stereocenters. The van der Waals surface area contributed by atoms with Crippen LogP contribution in [-0.2, 0) is 0 Å². The van der Waals surface area contributed by atoms with Gasteiger partial charge in [-0.05, 0) is 7.05 Å². The number of aromatic nitrogens is 4. The number of anilines is 2. The molecule has 0 saturated carbocycles. The van der Waals surface area contributed by atoms with E-state index in [0.717, 1.165) is 50.9 Å². The zero-order valence-corrected chi connectivity index (χ0v) is 15.5. The summed E-state index contributed by atoms with van der Waals surface area (Å²) in [7, 11) is 2.14. The predicted molar refractivity (Wildman–Crippen MR) is 102 cm³/mol. The van der Waals surface area contributed by atoms with Crippen molar-refractivity contribution in [2.45, 2.75) is 0 Å². The van der Waals surface area contributed by atoms with E-state index in [1.54, 1.807) is 18.7 Å². The summed E-state index contributed by atoms with van der Waals surface area (Å²) in [6.45, 7) is 6.81. The second kappa shape index (κ2) is 7.83. The monoisotopic (exact) mass is 368 g/mol. The van der Waals surface area contributed by atoms with Crippen molar-refractivity contribution >= 4 is 17.5 Å². The quantitative estimate of drug-likeness (QED) is 0.748. The van der Waals surface area contributed by atoms with Crippen LogP contribution in [-0.4, -0.2) is 95.0 Å². The maximum Gasteiger partial charge on any atom is 0.274 e. The van der Waals surface area contributed by atoms with Crippen LogP contribution >= 0.6 is 0 Å². The number of carbonyl (C=O) groups is 1. The van der Waals surface area contributed by atoms with Crippen molar-refractivity contribution in [1.82, 2.24) is 29.7 Å². The molecule has 0 aromatic carbocycles. The van der Waals surface area contributed by atoms with Gasteiger partial charge in [0.2, 0.25) is 0 Å². The van der Waals surface area contributed by atoms with Crippen molar-refractivity contribution in [2.24, 2.45) is 0 Å². The average molecular weight is 368 g/mol. The van der Waals surface area contributed by atoms with Crippen LogP contribution in [0.25, 0.3) is 0 Å². The number of hydrogen-bond acceptors (Lipinski definition) is 8. The largest absolute Gasteiger partial charge is 0.354 e. The van der Waals surface area contributed by atoms with Crippen LogP contribution < -0.4 is 9.80 Å². The Morgan fingerprint density at radius 1 is 0.852 bits per heavy atom. The summed E-state index contributed by atoms with van der Waals surface area (Å²) in [5.41, 5.74) is 0.394. The van der Waals surface area contributed by atoms with E-state index in [0.29, 0.717) is 18.8 Å². The molecular formula is C18H24N8O. The molecule has 9 heteroatoms. The van der Waals surface area contributed by atoms with Crippen molar-refractivity contribution in [3.05, 3.63) is 36.7 Å². The molecule has 142 valence electrons. The van der Waals surface area contributed by atoms with Gasteiger partial charge in [-0.25, -0.2) is 15.0 Å². The van der Waals surface area contributed by atoms with Crippen molar-refractivity contribution in [3.8, 4) is 0 Å². The second-order valence-electron chi connectivity index (χ2n) is 6.89. The minimum absolute atomic E-state index is 0.0661. The second-order valence-corrected chi connectivity index (χ2v) is 6.89. The lowest BCUT2D eigenvalue weighted by atomic mass is 10.2. The Bertz CT molecular complexity index is 770. The maximum atomic E-state index is 12.5. The summed E-state index contributed by atoms with van der Waals surface area (Å²) in [5.74, 6) is 1.83. The standard InChI is InChI=1S/C18H24N8O/c1-23-4-6-24(7-5-23)16-12-17(22-14-21-16)25-8-10-26(11-9-25)18(27)15-13-19-2-3-20-15/h2-3,12-14H,4-11H2,1H3. The molecule has 4 heterocycles. The fraction of sp³-hybridized carbons (Fsp3) is 0.500. The Hall–Kier alpha value is -2.81. The first kappa shape index (κ1) is 17.6. The Morgan fingerprint density at radius 2 is 1.48 bits per heavy atom. The summed E-state index contributed by atoms with van der Waals surface area (Å²) in [5, 5.41) is 0. The highest BCUT2D eigenvalue weighted by molar-refractivity contribution is 5.92. The topological polar surface area (TPSA) is 81.6 Å². The highest BCUT2D eigenvalue weighted by Crippen LogP contribution is 2.20. The van der Waals surface area contributed by atoms with Crippen LogP contribution in [0.15, 0.2) is 31.0 Å². The number of hydrogen-bond donors (Lipinski definition) is 0. The van der Waals surface area contributed by atoms with Crippen LogP contribution in [0.4, 0.5) is 11.6 Å². The predicted octanol–water partition coefficient (Wildman–Crippen LogP) is -0.0192. The minimum atomic E-state index is -0.0661. The van der Waals surface area contributed by atoms with Gasteiger partial charge in [0.1, 0.15) is 23.7 Å². The van der Waals surface area contributed by atoms with Gasteiger partial charge in [0.05, 0.1) is 6.20 Å². The molecule has 0 unspecified atom stereocenters. The van der Waals surface area contributed by atoms with Crippen molar-refractivity contribution in [2.75, 3.05) is 69.2 Å². The van der Waals surface area contributed by atoms with Gasteiger partial charge in [0, 0.05) is 70.8 Å². The lowest BCUT2D eigenvalue weighted by Gasteiger charge is -2.36. The van der Waals surface area contributed by atoms with Crippen LogP contribution in [0.1, 0.15) is 10.5 Å². The molecule has 0 radical (unpaired) electrons. The lowest BCUT2D eigenvalue weighted by Crippen LogP contribution is -2.49. The SMILES string of the molecule is CN1CCN(c2cc(N3CCN(C(=O)c4cnccn4)CC3)ncn2)CC1. The molecule has 2 saturated heterocycles. The molecule has 27 heavy (non-hydrogen) atoms. The molecule has 0 bridgehead atoms. The van der Waals surface area contributed by atoms with E-state index in [4.69, 9.17) is 0 Å². The number of carbonyl (C=O) groups excluding carboxylic acids is 1. The molecule has 2 aromatic rings. The third-order valence-electron chi connectivity index (χ3n) is 5.14. The summed E-state index contributed by atoms with van der Waals surface area (Å²) < 4.78 is 0. The first-order chi connectivity index (χ1) is 13.2. The van der Waals surface area contributed by atoms with Gasteiger partial charge in [-0.1, -0.05) is 0 Å². The molecule has 2 aliphatic heterocycles. The van der Waals surface area contributed by atoms with Gasteiger partial charge in [0.25, 0.3) is 5.91 Å². The number of amides is 1. The van der Waals surface area contributed by atoms with Gasteiger partial charge >= 0.3 is 0 Å². The third-order valence-corrected chi connectivity index (χ3v) is 5.14. The van der Waals surface area contributed by atoms with E-state index < -0.39 is 0 Å². The van der Waals surface area contributed by atoms with Crippen LogP contribution in [0.5, 0.6) is 0 Å². The summed E-state index contributed by atoms with van der Waals surface area (Å²) in [6, 6.07) is 2.06. The minimum Gasteiger partial charge on any atom is -0.354 e. The zero-order chi connectivity index (χ0) is 18.6. The van der Waals surface area contributed by atoms with Crippen LogP contribution in [0.2, 0.25) is 0 Å². The molecule has 1 amide bonds. The van der Waals surface area contributed by atoms with Gasteiger partial charge in [-0.15, -0.1) is 0 Å². The molecular weight excluding hydrogens is 344 g/mol. The van der Waals surface area contributed by atoms with Crippen molar-refractivity contribution < 1.29 is 4.79 Å². The van der Waals surface area contributed by atoms with Crippen molar-refractivity contribution in [1.29, 1.82) is 0 Å². The molecule has 0 N–H and O–H groups in total. The van der Waals surface area contributed by atoms with Crippen molar-refractivity contribution in [3.63, 3.8) is 0 Å². The molecule has 2 fully saturated rings. The van der Waals surface area contributed by atoms with Gasteiger partial charge in [-0.2, -0.15) is 0 Å². The van der Waals surface area contributed by atoms with E-state index in [2.05, 4.69) is 47.7 Å². The van der Waals surface area contributed by atoms with Crippen LogP contribution in [0.3, 0.4) is 0 Å². The fourth-order valence-electron chi connectivity index (χ4n) is 3.43. The zero-order valence-electron chi connectivity index (χ0n) is 15.5. The fourth-order valence-corrected chi connectivity index (χ4v) is 3.43. The molecule has 0 aliphatic carbocycles. The highest BCUT2D eigenvalue weighted by Gasteiger charge is 2.24. The third kappa shape index (κ3) is 3.97. The number of likely N-dealkylation sites (N-methyl/N-ethyl adjacent to an activating group) is 1. The molecule has 2 aromatic heterocycles. The first-order valence-electron chi connectivity index (χ1n) is 9.26. The molecule has 2 aliphatic rings. The summed E-state index contributed by atoms with van der Waals surface area (Å²) in [6.07, 6.45) is 6.27. The number of rotatable bonds is 3. The van der Waals surface area contributed by atoms with E-state index in [-0.39, 0.29) is 5.91 Å². The van der Waals surface area contributed by atoms with E-state index in [9.17, 15) is 4.79 Å². The highest BCUT2D eigenvalue weighted by atomic mass is 16.2. The maximum absolute atomic E-state index is 12.5. The Balaban J connectivity index is 1.38. The van der Waals surface area contributed by atoms with Gasteiger partial charge < -0.3 is 19.6 Å². The smallest absolute Gasteiger partial charge is 0.274 e. The number of nitrogens with zero attached hydrogens (tertiary/aromatic N) is 8. The molecule has 4 rings (SSSR count). The van der Waals surface area contributed by atoms with E-state index in [1.165, 1.54) is 6.20 Å². The summed E-state index contributed by atoms with van der Waals surface area (Å²) >= 11 is 0. The normalized spacial score (nSPS) is 18.6. The average Bonchev–Trinajstić information content (AvgIpc) is 2.75. The van der Waals surface area contributed by atoms with E-state index in [1.807, 2.05) is 4.90 Å². The first-order valence-corrected chi connectivity index (χ1v) is 9.26. The van der Waals surface area contributed by atoms with E-state index >= 15 is 0 Å². The van der Waals surface area contributed by atoms with Crippen LogP contribution in [0, 0.1) is 0 Å². The Kier molecular flexibility index (Phi) is 5.10. The number of piperazine rings is 2. The molecule has 0 spiro atoms. The lowest BCUT2D eigenvalue weighted by molar-refractivity contribution is 0.0740. The van der Waals surface area contributed by atoms with Gasteiger partial charge in [-0.3, -0.25) is 9.78 Å². The Labute approximate surface area is 158 Å². The Morgan fingerprint density at radius 3 is 2.07 bits per heavy atom.